The lowest BCUT2D eigenvalue weighted by Crippen LogP contribution is -2.29. The average molecular weight is 246 g/mol. The highest BCUT2D eigenvalue weighted by atomic mass is 15.3. The Labute approximate surface area is 109 Å². The summed E-state index contributed by atoms with van der Waals surface area (Å²) in [7, 11) is 0. The zero-order valence-corrected chi connectivity index (χ0v) is 11.1. The second kappa shape index (κ2) is 5.12. The molecule has 0 amide bonds. The fraction of sp³-hybridized carbons (Fsp3) is 0.714. The first-order valence-corrected chi connectivity index (χ1v) is 7.20. The Morgan fingerprint density at radius 2 is 2.17 bits per heavy atom. The third kappa shape index (κ3) is 2.92. The van der Waals surface area contributed by atoms with Crippen LogP contribution in [-0.4, -0.2) is 29.1 Å². The minimum Gasteiger partial charge on any atom is -0.354 e. The molecule has 4 nitrogen and oxygen atoms in total. The molecule has 0 spiro atoms. The van der Waals surface area contributed by atoms with Crippen LogP contribution in [-0.2, 0) is 0 Å². The lowest BCUT2D eigenvalue weighted by atomic mass is 10.3. The van der Waals surface area contributed by atoms with Crippen LogP contribution < -0.4 is 10.2 Å². The normalized spacial score (nSPS) is 18.7. The standard InChI is InChI=1S/C14H22N4/c1-2-8-15-14-16-9-7-13(17-14)18(12-5-6-12)10-11-3-4-11/h7,9,11-12H,2-6,8,10H2,1H3,(H,15,16,17). The molecule has 0 bridgehead atoms. The van der Waals surface area contributed by atoms with Crippen molar-refractivity contribution < 1.29 is 0 Å². The monoisotopic (exact) mass is 246 g/mol. The first-order chi connectivity index (χ1) is 8.86. The predicted molar refractivity (Wildman–Crippen MR) is 73.9 cm³/mol. The van der Waals surface area contributed by atoms with E-state index in [1.165, 1.54) is 32.2 Å². The van der Waals surface area contributed by atoms with Gasteiger partial charge in [-0.25, -0.2) is 4.98 Å². The molecule has 0 saturated heterocycles. The summed E-state index contributed by atoms with van der Waals surface area (Å²) in [6, 6.07) is 2.79. The Morgan fingerprint density at radius 1 is 1.33 bits per heavy atom. The van der Waals surface area contributed by atoms with Gasteiger partial charge >= 0.3 is 0 Å². The molecule has 1 aromatic heterocycles. The van der Waals surface area contributed by atoms with E-state index >= 15 is 0 Å². The molecule has 0 unspecified atom stereocenters. The van der Waals surface area contributed by atoms with Gasteiger partial charge in [0.05, 0.1) is 0 Å². The van der Waals surface area contributed by atoms with Crippen LogP contribution in [0.25, 0.3) is 0 Å². The number of hydrogen-bond acceptors (Lipinski definition) is 4. The molecule has 18 heavy (non-hydrogen) atoms. The minimum atomic E-state index is 0.736. The highest BCUT2D eigenvalue weighted by molar-refractivity contribution is 5.45. The number of nitrogens with one attached hydrogen (secondary N) is 1. The molecule has 2 saturated carbocycles. The summed E-state index contributed by atoms with van der Waals surface area (Å²) in [5, 5.41) is 3.27. The quantitative estimate of drug-likeness (QED) is 0.803. The van der Waals surface area contributed by atoms with Crippen LogP contribution in [0.5, 0.6) is 0 Å². The van der Waals surface area contributed by atoms with Crippen molar-refractivity contribution in [2.24, 2.45) is 5.92 Å². The molecule has 0 aromatic carbocycles. The van der Waals surface area contributed by atoms with E-state index in [4.69, 9.17) is 0 Å². The average Bonchev–Trinajstić information content (AvgIpc) is 3.27. The van der Waals surface area contributed by atoms with Crippen LogP contribution >= 0.6 is 0 Å². The lowest BCUT2D eigenvalue weighted by Gasteiger charge is -2.23. The molecule has 1 aromatic rings. The molecule has 1 N–H and O–H groups in total. The van der Waals surface area contributed by atoms with Crippen molar-refractivity contribution in [2.45, 2.75) is 45.1 Å². The lowest BCUT2D eigenvalue weighted by molar-refractivity contribution is 0.708. The van der Waals surface area contributed by atoms with E-state index in [0.29, 0.717) is 0 Å². The van der Waals surface area contributed by atoms with Crippen LogP contribution in [0.15, 0.2) is 12.3 Å². The molecule has 0 aliphatic heterocycles. The first kappa shape index (κ1) is 11.8. The third-order valence-electron chi connectivity index (χ3n) is 3.61. The third-order valence-corrected chi connectivity index (χ3v) is 3.61. The van der Waals surface area contributed by atoms with Crippen LogP contribution in [0.4, 0.5) is 11.8 Å². The SMILES string of the molecule is CCCNc1nccc(N(CC2CC2)C2CC2)n1. The number of nitrogens with zero attached hydrogens (tertiary/aromatic N) is 3. The maximum absolute atomic E-state index is 4.66. The molecule has 0 atom stereocenters. The summed E-state index contributed by atoms with van der Waals surface area (Å²) >= 11 is 0. The largest absolute Gasteiger partial charge is 0.354 e. The highest BCUT2D eigenvalue weighted by Crippen LogP contribution is 2.37. The maximum atomic E-state index is 4.66. The second-order valence-corrected chi connectivity index (χ2v) is 5.49. The van der Waals surface area contributed by atoms with Crippen molar-refractivity contribution in [1.82, 2.24) is 9.97 Å². The molecule has 4 heteroatoms. The van der Waals surface area contributed by atoms with E-state index in [9.17, 15) is 0 Å². The Morgan fingerprint density at radius 3 is 2.83 bits per heavy atom. The molecule has 0 radical (unpaired) electrons. The zero-order chi connectivity index (χ0) is 12.4. The number of aromatic nitrogens is 2. The van der Waals surface area contributed by atoms with Gasteiger partial charge in [-0.15, -0.1) is 0 Å². The maximum Gasteiger partial charge on any atom is 0.224 e. The molecule has 3 rings (SSSR count). The van der Waals surface area contributed by atoms with Gasteiger partial charge in [0.2, 0.25) is 5.95 Å². The van der Waals surface area contributed by atoms with Crippen molar-refractivity contribution in [3.8, 4) is 0 Å². The van der Waals surface area contributed by atoms with E-state index in [1.807, 2.05) is 6.20 Å². The second-order valence-electron chi connectivity index (χ2n) is 5.49. The Kier molecular flexibility index (Phi) is 3.35. The van der Waals surface area contributed by atoms with E-state index in [2.05, 4.69) is 33.2 Å². The topological polar surface area (TPSA) is 41.1 Å². The van der Waals surface area contributed by atoms with Crippen molar-refractivity contribution in [3.05, 3.63) is 12.3 Å². The van der Waals surface area contributed by atoms with Crippen molar-refractivity contribution in [2.75, 3.05) is 23.3 Å². The van der Waals surface area contributed by atoms with Gasteiger partial charge in [-0.3, -0.25) is 0 Å². The minimum absolute atomic E-state index is 0.736. The smallest absolute Gasteiger partial charge is 0.224 e. The van der Waals surface area contributed by atoms with Crippen molar-refractivity contribution in [1.29, 1.82) is 0 Å². The molecule has 2 aliphatic rings. The molecular formula is C14H22N4. The van der Waals surface area contributed by atoms with Crippen LogP contribution in [0.2, 0.25) is 0 Å². The Balaban J connectivity index is 1.71. The zero-order valence-electron chi connectivity index (χ0n) is 11.1. The Bertz CT molecular complexity index is 399. The van der Waals surface area contributed by atoms with Gasteiger partial charge in [-0.1, -0.05) is 6.92 Å². The van der Waals surface area contributed by atoms with Crippen LogP contribution in [0.1, 0.15) is 39.0 Å². The number of hydrogen-bond donors (Lipinski definition) is 1. The fourth-order valence-electron chi connectivity index (χ4n) is 2.23. The number of rotatable bonds is 7. The summed E-state index contributed by atoms with van der Waals surface area (Å²) in [6.07, 6.45) is 8.43. The van der Waals surface area contributed by atoms with Gasteiger partial charge < -0.3 is 10.2 Å². The number of anilines is 2. The molecular weight excluding hydrogens is 224 g/mol. The summed E-state index contributed by atoms with van der Waals surface area (Å²) in [4.78, 5) is 11.4. The van der Waals surface area contributed by atoms with Crippen molar-refractivity contribution >= 4 is 11.8 Å². The van der Waals surface area contributed by atoms with Gasteiger partial charge in [0, 0.05) is 25.3 Å². The molecule has 1 heterocycles. The van der Waals surface area contributed by atoms with Gasteiger partial charge in [-0.2, -0.15) is 4.98 Å². The first-order valence-electron chi connectivity index (χ1n) is 7.20. The predicted octanol–water partition coefficient (Wildman–Crippen LogP) is 2.68. The van der Waals surface area contributed by atoms with Crippen LogP contribution in [0.3, 0.4) is 0 Å². The summed E-state index contributed by atoms with van der Waals surface area (Å²) in [5.74, 6) is 2.79. The van der Waals surface area contributed by atoms with E-state index in [-0.39, 0.29) is 0 Å². The van der Waals surface area contributed by atoms with E-state index < -0.39 is 0 Å². The fourth-order valence-corrected chi connectivity index (χ4v) is 2.23. The summed E-state index contributed by atoms with van der Waals surface area (Å²) < 4.78 is 0. The summed E-state index contributed by atoms with van der Waals surface area (Å²) in [6.45, 7) is 4.28. The van der Waals surface area contributed by atoms with E-state index in [0.717, 1.165) is 36.7 Å². The molecule has 2 aliphatic carbocycles. The van der Waals surface area contributed by atoms with E-state index in [1.54, 1.807) is 0 Å². The van der Waals surface area contributed by atoms with Gasteiger partial charge in [-0.05, 0) is 44.1 Å². The highest BCUT2D eigenvalue weighted by Gasteiger charge is 2.34. The Hall–Kier alpha value is -1.32. The van der Waals surface area contributed by atoms with Gasteiger partial charge in [0.15, 0.2) is 0 Å². The van der Waals surface area contributed by atoms with Gasteiger partial charge in [0.25, 0.3) is 0 Å². The van der Waals surface area contributed by atoms with Gasteiger partial charge in [0.1, 0.15) is 5.82 Å². The van der Waals surface area contributed by atoms with Crippen molar-refractivity contribution in [3.63, 3.8) is 0 Å². The van der Waals surface area contributed by atoms with Crippen LogP contribution in [0, 0.1) is 5.92 Å². The molecule has 98 valence electrons. The molecule has 2 fully saturated rings. The summed E-state index contributed by atoms with van der Waals surface area (Å²) in [5.41, 5.74) is 0.